The van der Waals surface area contributed by atoms with E-state index >= 15 is 0 Å². The Morgan fingerprint density at radius 1 is 1.26 bits per heavy atom. The highest BCUT2D eigenvalue weighted by molar-refractivity contribution is 5.78. The second-order valence-electron chi connectivity index (χ2n) is 7.04. The summed E-state index contributed by atoms with van der Waals surface area (Å²) in [6, 6.07) is 9.03. The average molecular weight is 372 g/mol. The second kappa shape index (κ2) is 9.70. The molecule has 146 valence electrons. The maximum absolute atomic E-state index is 12.5. The number of piperazine rings is 1. The Morgan fingerprint density at radius 3 is 2.63 bits per heavy atom. The van der Waals surface area contributed by atoms with Crippen molar-refractivity contribution in [3.63, 3.8) is 0 Å². The molecule has 1 aromatic carbocycles. The summed E-state index contributed by atoms with van der Waals surface area (Å²) in [4.78, 5) is 17.1. The van der Waals surface area contributed by atoms with Crippen LogP contribution in [0.4, 0.5) is 0 Å². The minimum absolute atomic E-state index is 0.0419. The minimum Gasteiger partial charge on any atom is -0.486 e. The van der Waals surface area contributed by atoms with Crippen LogP contribution in [-0.4, -0.2) is 80.3 Å². The first-order valence-corrected chi connectivity index (χ1v) is 9.66. The summed E-state index contributed by atoms with van der Waals surface area (Å²) >= 11 is 0. The van der Waals surface area contributed by atoms with Gasteiger partial charge in [0, 0.05) is 32.8 Å². The second-order valence-corrected chi connectivity index (χ2v) is 7.04. The van der Waals surface area contributed by atoms with Gasteiger partial charge in [0.2, 0.25) is 5.91 Å². The van der Waals surface area contributed by atoms with Crippen molar-refractivity contribution in [1.29, 1.82) is 5.26 Å². The normalized spacial score (nSPS) is 24.1. The van der Waals surface area contributed by atoms with E-state index in [0.717, 1.165) is 39.1 Å². The van der Waals surface area contributed by atoms with Gasteiger partial charge in [0.25, 0.3) is 0 Å². The van der Waals surface area contributed by atoms with Gasteiger partial charge in [-0.15, -0.1) is 0 Å². The van der Waals surface area contributed by atoms with Crippen LogP contribution >= 0.6 is 0 Å². The molecule has 2 atom stereocenters. The maximum atomic E-state index is 12.5. The number of benzene rings is 1. The molecule has 2 heterocycles. The Bertz CT molecular complexity index is 650. The van der Waals surface area contributed by atoms with Crippen LogP contribution in [-0.2, 0) is 9.53 Å². The Balaban J connectivity index is 1.50. The summed E-state index contributed by atoms with van der Waals surface area (Å²) in [6.07, 6.45) is 0.503. The number of nitrogens with one attached hydrogen (secondary N) is 1. The number of carbonyl (C=O) groups is 1. The Morgan fingerprint density at radius 2 is 1.96 bits per heavy atom. The van der Waals surface area contributed by atoms with Crippen molar-refractivity contribution in [2.75, 3.05) is 52.5 Å². The fraction of sp³-hybridized carbons (Fsp3) is 0.600. The maximum Gasteiger partial charge on any atom is 0.234 e. The smallest absolute Gasteiger partial charge is 0.234 e. The van der Waals surface area contributed by atoms with Gasteiger partial charge in [0.05, 0.1) is 30.8 Å². The SMILES string of the molecule is CCN1CCN(CC(=O)N[C@@H]2CCOC[C@H]2Oc2ccc(C#N)cc2)CC1. The standard InChI is InChI=1S/C20H28N4O3/c1-2-23-8-10-24(11-9-23)14-20(25)22-18-7-12-26-15-19(18)27-17-5-3-16(13-21)4-6-17/h3-6,18-19H,2,7-12,14-15H2,1H3,(H,22,25)/t18-,19-/m1/s1. The van der Waals surface area contributed by atoms with Gasteiger partial charge in [-0.2, -0.15) is 5.26 Å². The zero-order valence-corrected chi connectivity index (χ0v) is 15.9. The molecule has 0 bridgehead atoms. The first-order valence-electron chi connectivity index (χ1n) is 9.66. The summed E-state index contributed by atoms with van der Waals surface area (Å²) < 4.78 is 11.6. The van der Waals surface area contributed by atoms with E-state index in [1.807, 2.05) is 0 Å². The van der Waals surface area contributed by atoms with E-state index in [2.05, 4.69) is 28.1 Å². The number of hydrogen-bond donors (Lipinski definition) is 1. The summed E-state index contributed by atoms with van der Waals surface area (Å²) in [5.74, 6) is 0.722. The average Bonchev–Trinajstić information content (AvgIpc) is 2.70. The lowest BCUT2D eigenvalue weighted by Crippen LogP contribution is -2.55. The van der Waals surface area contributed by atoms with E-state index in [-0.39, 0.29) is 18.1 Å². The minimum atomic E-state index is -0.229. The van der Waals surface area contributed by atoms with Gasteiger partial charge in [-0.05, 0) is 37.2 Å². The van der Waals surface area contributed by atoms with Crippen molar-refractivity contribution < 1.29 is 14.3 Å². The topological polar surface area (TPSA) is 77.8 Å². The Hall–Kier alpha value is -2.14. The quantitative estimate of drug-likeness (QED) is 0.798. The molecule has 2 aliphatic heterocycles. The third-order valence-electron chi connectivity index (χ3n) is 5.20. The molecule has 7 nitrogen and oxygen atoms in total. The van der Waals surface area contributed by atoms with Gasteiger partial charge < -0.3 is 19.7 Å². The van der Waals surface area contributed by atoms with Crippen molar-refractivity contribution in [3.05, 3.63) is 29.8 Å². The lowest BCUT2D eigenvalue weighted by atomic mass is 10.1. The van der Waals surface area contributed by atoms with E-state index in [1.165, 1.54) is 0 Å². The molecule has 0 aliphatic carbocycles. The van der Waals surface area contributed by atoms with Crippen LogP contribution < -0.4 is 10.1 Å². The molecule has 0 radical (unpaired) electrons. The Labute approximate surface area is 160 Å². The number of nitrogens with zero attached hydrogens (tertiary/aromatic N) is 3. The lowest BCUT2D eigenvalue weighted by molar-refractivity contribution is -0.125. The van der Waals surface area contributed by atoms with E-state index in [9.17, 15) is 4.79 Å². The number of carbonyl (C=O) groups excluding carboxylic acids is 1. The van der Waals surface area contributed by atoms with Gasteiger partial charge in [-0.3, -0.25) is 9.69 Å². The fourth-order valence-corrected chi connectivity index (χ4v) is 3.50. The molecular formula is C20H28N4O3. The third-order valence-corrected chi connectivity index (χ3v) is 5.20. The highest BCUT2D eigenvalue weighted by Crippen LogP contribution is 2.18. The van der Waals surface area contributed by atoms with E-state index in [1.54, 1.807) is 24.3 Å². The molecule has 7 heteroatoms. The first kappa shape index (κ1) is 19.6. The monoisotopic (exact) mass is 372 g/mol. The molecule has 2 saturated heterocycles. The van der Waals surface area contributed by atoms with Gasteiger partial charge in [-0.1, -0.05) is 6.92 Å². The van der Waals surface area contributed by atoms with Crippen molar-refractivity contribution >= 4 is 5.91 Å². The zero-order valence-electron chi connectivity index (χ0n) is 15.9. The molecule has 1 N–H and O–H groups in total. The van der Waals surface area contributed by atoms with Crippen molar-refractivity contribution in [1.82, 2.24) is 15.1 Å². The molecule has 0 unspecified atom stereocenters. The van der Waals surface area contributed by atoms with Crippen LogP contribution in [0, 0.1) is 11.3 Å². The third kappa shape index (κ3) is 5.67. The van der Waals surface area contributed by atoms with Gasteiger partial charge in [-0.25, -0.2) is 0 Å². The predicted octanol–water partition coefficient (Wildman–Crippen LogP) is 0.848. The number of rotatable bonds is 6. The molecule has 27 heavy (non-hydrogen) atoms. The van der Waals surface area contributed by atoms with Crippen molar-refractivity contribution in [3.8, 4) is 11.8 Å². The van der Waals surface area contributed by atoms with Gasteiger partial charge >= 0.3 is 0 Å². The molecule has 2 fully saturated rings. The fourth-order valence-electron chi connectivity index (χ4n) is 3.50. The molecule has 1 amide bonds. The van der Waals surface area contributed by atoms with Crippen LogP contribution in [0.3, 0.4) is 0 Å². The molecule has 2 aliphatic rings. The van der Waals surface area contributed by atoms with Crippen LogP contribution in [0.1, 0.15) is 18.9 Å². The molecular weight excluding hydrogens is 344 g/mol. The summed E-state index contributed by atoms with van der Waals surface area (Å²) in [5.41, 5.74) is 0.593. The number of amides is 1. The largest absolute Gasteiger partial charge is 0.486 e. The molecule has 0 aromatic heterocycles. The van der Waals surface area contributed by atoms with E-state index in [4.69, 9.17) is 14.7 Å². The number of nitriles is 1. The summed E-state index contributed by atoms with van der Waals surface area (Å²) in [6.45, 7) is 8.63. The predicted molar refractivity (Wildman–Crippen MR) is 101 cm³/mol. The van der Waals surface area contributed by atoms with E-state index in [0.29, 0.717) is 31.1 Å². The molecule has 0 spiro atoms. The lowest BCUT2D eigenvalue weighted by Gasteiger charge is -2.35. The van der Waals surface area contributed by atoms with Crippen LogP contribution in [0.5, 0.6) is 5.75 Å². The van der Waals surface area contributed by atoms with Crippen LogP contribution in [0.2, 0.25) is 0 Å². The van der Waals surface area contributed by atoms with Gasteiger partial charge in [0.1, 0.15) is 11.9 Å². The van der Waals surface area contributed by atoms with Crippen molar-refractivity contribution in [2.45, 2.75) is 25.5 Å². The van der Waals surface area contributed by atoms with E-state index < -0.39 is 0 Å². The summed E-state index contributed by atoms with van der Waals surface area (Å²) in [7, 11) is 0. The van der Waals surface area contributed by atoms with Crippen LogP contribution in [0.15, 0.2) is 24.3 Å². The molecule has 3 rings (SSSR count). The number of hydrogen-bond acceptors (Lipinski definition) is 6. The van der Waals surface area contributed by atoms with Gasteiger partial charge in [0.15, 0.2) is 0 Å². The highest BCUT2D eigenvalue weighted by Gasteiger charge is 2.29. The number of likely N-dealkylation sites (N-methyl/N-ethyl adjacent to an activating group) is 1. The number of ether oxygens (including phenoxy) is 2. The summed E-state index contributed by atoms with van der Waals surface area (Å²) in [5, 5.41) is 12.0. The zero-order chi connectivity index (χ0) is 19.1. The highest BCUT2D eigenvalue weighted by atomic mass is 16.5. The molecule has 1 aromatic rings. The molecule has 0 saturated carbocycles. The first-order chi connectivity index (χ1) is 13.2. The van der Waals surface area contributed by atoms with Crippen LogP contribution in [0.25, 0.3) is 0 Å². The van der Waals surface area contributed by atoms with Crippen molar-refractivity contribution in [2.24, 2.45) is 0 Å². The Kier molecular flexibility index (Phi) is 7.04.